The number of ether oxygens (including phenoxy) is 2. The van der Waals surface area contributed by atoms with E-state index in [1.807, 2.05) is 6.92 Å². The highest BCUT2D eigenvalue weighted by Crippen LogP contribution is 2.35. The zero-order valence-electron chi connectivity index (χ0n) is 20.2. The van der Waals surface area contributed by atoms with Gasteiger partial charge in [0.05, 0.1) is 19.4 Å². The third-order valence-corrected chi connectivity index (χ3v) is 5.48. The van der Waals surface area contributed by atoms with Crippen molar-refractivity contribution < 1.29 is 32.7 Å². The third-order valence-electron chi connectivity index (χ3n) is 5.48. The van der Waals surface area contributed by atoms with Crippen molar-refractivity contribution in [1.29, 1.82) is 0 Å². The zero-order valence-corrected chi connectivity index (χ0v) is 20.2. The summed E-state index contributed by atoms with van der Waals surface area (Å²) < 4.78 is 30.7. The highest BCUT2D eigenvalue weighted by Gasteiger charge is 2.36. The van der Waals surface area contributed by atoms with Crippen LogP contribution in [0, 0.1) is 5.82 Å². The number of nitrogens with one attached hydrogen (secondary N) is 1. The highest BCUT2D eigenvalue weighted by atomic mass is 19.1. The topological polar surface area (TPSA) is 98.1 Å². The zero-order chi connectivity index (χ0) is 26.4. The summed E-state index contributed by atoms with van der Waals surface area (Å²) in [6.07, 6.45) is 4.90. The number of urea groups is 1. The number of hydrogen-bond acceptors (Lipinski definition) is 6. The third kappa shape index (κ3) is 5.95. The molecule has 0 saturated carbocycles. The summed E-state index contributed by atoms with van der Waals surface area (Å²) in [7, 11) is 0. The van der Waals surface area contributed by atoms with Crippen LogP contribution in [0.1, 0.15) is 29.4 Å². The average Bonchev–Trinajstić information content (AvgIpc) is 3.38. The van der Waals surface area contributed by atoms with Gasteiger partial charge in [-0.15, -0.1) is 6.58 Å². The lowest BCUT2D eigenvalue weighted by Gasteiger charge is -2.25. The largest absolute Gasteiger partial charge is 0.490 e. The number of carbonyl (C=O) groups excluding carboxylic acids is 3. The van der Waals surface area contributed by atoms with E-state index in [9.17, 15) is 18.8 Å². The maximum Gasteiger partial charge on any atom is 0.331 e. The number of benzene rings is 2. The quantitative estimate of drug-likeness (QED) is 0.242. The SMILES string of the molecule is C=CCc1cc(/C=C2\C(=O)NC(=O)N(Cc3ccco3)C2=O)cc(OCC)c1OCc1cccc(F)c1. The Labute approximate surface area is 213 Å². The molecule has 4 amide bonds. The molecule has 1 aliphatic heterocycles. The monoisotopic (exact) mass is 504 g/mol. The Balaban J connectivity index is 1.68. The summed E-state index contributed by atoms with van der Waals surface area (Å²) in [5.74, 6) is -0.696. The van der Waals surface area contributed by atoms with Gasteiger partial charge in [0.1, 0.15) is 23.8 Å². The molecule has 190 valence electrons. The molecule has 1 saturated heterocycles. The molecule has 2 heterocycles. The van der Waals surface area contributed by atoms with E-state index < -0.39 is 17.8 Å². The summed E-state index contributed by atoms with van der Waals surface area (Å²) >= 11 is 0. The standard InChI is InChI=1S/C28H25FN2O6/c1-3-7-20-12-19(15-24(35-4-2)25(20)37-17-18-8-5-9-21(29)13-18)14-23-26(32)30-28(34)31(27(23)33)16-22-10-6-11-36-22/h3,5-6,8-15H,1,4,7,16-17H2,2H3,(H,30,32,34)/b23-14+. The van der Waals surface area contributed by atoms with Crippen LogP contribution in [-0.2, 0) is 29.2 Å². The number of hydrogen-bond donors (Lipinski definition) is 1. The smallest absolute Gasteiger partial charge is 0.331 e. The fraction of sp³-hybridized carbons (Fsp3) is 0.179. The van der Waals surface area contributed by atoms with Crippen molar-refractivity contribution in [2.75, 3.05) is 6.61 Å². The van der Waals surface area contributed by atoms with E-state index in [1.54, 1.807) is 42.5 Å². The van der Waals surface area contributed by atoms with Gasteiger partial charge in [0.25, 0.3) is 11.8 Å². The molecule has 1 aromatic heterocycles. The first-order chi connectivity index (χ1) is 17.9. The number of furan rings is 1. The second-order valence-electron chi connectivity index (χ2n) is 8.14. The van der Waals surface area contributed by atoms with Gasteiger partial charge in [-0.2, -0.15) is 0 Å². The van der Waals surface area contributed by atoms with Crippen LogP contribution in [0.25, 0.3) is 6.08 Å². The van der Waals surface area contributed by atoms with E-state index >= 15 is 0 Å². The maximum atomic E-state index is 13.6. The van der Waals surface area contributed by atoms with E-state index in [2.05, 4.69) is 11.9 Å². The fourth-order valence-corrected chi connectivity index (χ4v) is 3.85. The van der Waals surface area contributed by atoms with Crippen molar-refractivity contribution >= 4 is 23.9 Å². The second kappa shape index (κ2) is 11.4. The molecule has 2 aromatic carbocycles. The summed E-state index contributed by atoms with van der Waals surface area (Å²) in [6, 6.07) is 11.9. The number of halogens is 1. The molecule has 4 rings (SSSR count). The molecule has 1 aliphatic rings. The van der Waals surface area contributed by atoms with Crippen molar-refractivity contribution in [2.45, 2.75) is 26.5 Å². The van der Waals surface area contributed by atoms with E-state index in [0.717, 1.165) is 4.90 Å². The molecule has 0 radical (unpaired) electrons. The molecule has 9 heteroatoms. The molecule has 37 heavy (non-hydrogen) atoms. The Morgan fingerprint density at radius 2 is 1.95 bits per heavy atom. The first-order valence-corrected chi connectivity index (χ1v) is 11.6. The summed E-state index contributed by atoms with van der Waals surface area (Å²) in [5.41, 5.74) is 1.61. The molecule has 0 aliphatic carbocycles. The summed E-state index contributed by atoms with van der Waals surface area (Å²) in [6.45, 7) is 5.91. The molecule has 0 bridgehead atoms. The Morgan fingerprint density at radius 3 is 2.65 bits per heavy atom. The van der Waals surface area contributed by atoms with Crippen molar-refractivity contribution in [3.8, 4) is 11.5 Å². The first-order valence-electron chi connectivity index (χ1n) is 11.6. The number of nitrogens with zero attached hydrogens (tertiary/aromatic N) is 1. The van der Waals surface area contributed by atoms with Crippen LogP contribution in [0.15, 0.2) is 77.4 Å². The molecule has 0 unspecified atom stereocenters. The van der Waals surface area contributed by atoms with Crippen molar-refractivity contribution in [1.82, 2.24) is 10.2 Å². The summed E-state index contributed by atoms with van der Waals surface area (Å²) in [4.78, 5) is 38.9. The minimum atomic E-state index is -0.827. The molecule has 1 fully saturated rings. The molecular formula is C28H25FN2O6. The van der Waals surface area contributed by atoms with Gasteiger partial charge in [-0.1, -0.05) is 18.2 Å². The van der Waals surface area contributed by atoms with Gasteiger partial charge < -0.3 is 13.9 Å². The van der Waals surface area contributed by atoms with Crippen molar-refractivity contribution in [3.05, 3.63) is 101 Å². The number of barbiturate groups is 1. The van der Waals surface area contributed by atoms with Gasteiger partial charge >= 0.3 is 6.03 Å². The molecule has 3 aromatic rings. The lowest BCUT2D eigenvalue weighted by Crippen LogP contribution is -2.53. The minimum Gasteiger partial charge on any atom is -0.490 e. The first kappa shape index (κ1) is 25.4. The van der Waals surface area contributed by atoms with Gasteiger partial charge in [-0.25, -0.2) is 9.18 Å². The van der Waals surface area contributed by atoms with Gasteiger partial charge in [0.15, 0.2) is 11.5 Å². The van der Waals surface area contributed by atoms with E-state index in [0.29, 0.717) is 47.0 Å². The minimum absolute atomic E-state index is 0.104. The summed E-state index contributed by atoms with van der Waals surface area (Å²) in [5, 5.41) is 2.19. The average molecular weight is 505 g/mol. The molecule has 1 N–H and O–H groups in total. The number of carbonyl (C=O) groups is 3. The molecule has 8 nitrogen and oxygen atoms in total. The Kier molecular flexibility index (Phi) is 7.83. The van der Waals surface area contributed by atoms with Crippen LogP contribution < -0.4 is 14.8 Å². The molecular weight excluding hydrogens is 479 g/mol. The highest BCUT2D eigenvalue weighted by molar-refractivity contribution is 6.30. The second-order valence-corrected chi connectivity index (χ2v) is 8.14. The van der Waals surface area contributed by atoms with Gasteiger partial charge in [0.2, 0.25) is 0 Å². The molecule has 0 spiro atoms. The lowest BCUT2D eigenvalue weighted by molar-refractivity contribution is -0.130. The van der Waals surface area contributed by atoms with Crippen molar-refractivity contribution in [2.24, 2.45) is 0 Å². The van der Waals surface area contributed by atoms with Crippen LogP contribution in [0.2, 0.25) is 0 Å². The number of rotatable bonds is 10. The van der Waals surface area contributed by atoms with Crippen LogP contribution in [0.3, 0.4) is 0 Å². The Morgan fingerprint density at radius 1 is 1.11 bits per heavy atom. The lowest BCUT2D eigenvalue weighted by atomic mass is 10.0. The van der Waals surface area contributed by atoms with Gasteiger partial charge in [-0.05, 0) is 66.9 Å². The number of allylic oxidation sites excluding steroid dienone is 1. The van der Waals surface area contributed by atoms with E-state index in [-0.39, 0.29) is 24.5 Å². The maximum absolute atomic E-state index is 13.6. The number of amides is 4. The van der Waals surface area contributed by atoms with Crippen LogP contribution in [-0.4, -0.2) is 29.4 Å². The normalized spacial score (nSPS) is 14.6. The van der Waals surface area contributed by atoms with Crippen LogP contribution in [0.4, 0.5) is 9.18 Å². The Bertz CT molecular complexity index is 1360. The number of imide groups is 2. The van der Waals surface area contributed by atoms with Gasteiger partial charge in [-0.3, -0.25) is 19.8 Å². The van der Waals surface area contributed by atoms with E-state index in [1.165, 1.54) is 24.5 Å². The predicted molar refractivity (Wildman–Crippen MR) is 133 cm³/mol. The molecule has 0 atom stereocenters. The van der Waals surface area contributed by atoms with E-state index in [4.69, 9.17) is 13.9 Å². The van der Waals surface area contributed by atoms with Crippen LogP contribution >= 0.6 is 0 Å². The predicted octanol–water partition coefficient (Wildman–Crippen LogP) is 4.79. The fourth-order valence-electron chi connectivity index (χ4n) is 3.85. The Hall–Kier alpha value is -4.66. The van der Waals surface area contributed by atoms with Gasteiger partial charge in [0, 0.05) is 5.56 Å². The van der Waals surface area contributed by atoms with Crippen LogP contribution in [0.5, 0.6) is 11.5 Å². The van der Waals surface area contributed by atoms with Crippen molar-refractivity contribution in [3.63, 3.8) is 0 Å².